The van der Waals surface area contributed by atoms with Gasteiger partial charge in [0.1, 0.15) is 0 Å². The average Bonchev–Trinajstić information content (AvgIpc) is 3.15. The second kappa shape index (κ2) is 15.8. The van der Waals surface area contributed by atoms with Crippen molar-refractivity contribution in [2.24, 2.45) is 0 Å². The van der Waals surface area contributed by atoms with Crippen molar-refractivity contribution in [2.75, 3.05) is 0 Å². The van der Waals surface area contributed by atoms with E-state index in [0.717, 1.165) is 12.8 Å². The topological polar surface area (TPSA) is 68.0 Å². The lowest BCUT2D eigenvalue weighted by Crippen LogP contribution is -2.19. The molecule has 26 heavy (non-hydrogen) atoms. The molecule has 0 bridgehead atoms. The Hall–Kier alpha value is -1.39. The fraction of sp³-hybridized carbons (Fsp3) is 0.857. The van der Waals surface area contributed by atoms with Crippen molar-refractivity contribution in [3.05, 3.63) is 12.4 Å². The Labute approximate surface area is 159 Å². The van der Waals surface area contributed by atoms with E-state index >= 15 is 0 Å². The number of unbranched alkanes of at least 4 members (excludes halogenated alkanes) is 14. The van der Waals surface area contributed by atoms with Crippen LogP contribution in [0.4, 0.5) is 0 Å². The van der Waals surface area contributed by atoms with Gasteiger partial charge in [-0.2, -0.15) is 0 Å². The smallest absolute Gasteiger partial charge is 0.328 e. The molecule has 0 aromatic carbocycles. The SMILES string of the molecule is CCCCCCCCCCCCCCCCCC(C(=O)O)n1ccnn1. The number of carboxylic acids is 1. The maximum absolute atomic E-state index is 11.3. The Morgan fingerprint density at radius 2 is 1.31 bits per heavy atom. The molecule has 0 aliphatic carbocycles. The van der Waals surface area contributed by atoms with E-state index in [2.05, 4.69) is 17.2 Å². The van der Waals surface area contributed by atoms with E-state index in [1.54, 1.807) is 6.20 Å². The Morgan fingerprint density at radius 3 is 1.69 bits per heavy atom. The minimum atomic E-state index is -0.819. The van der Waals surface area contributed by atoms with E-state index < -0.39 is 12.0 Å². The second-order valence-corrected chi connectivity index (χ2v) is 7.48. The third-order valence-corrected chi connectivity index (χ3v) is 5.13. The van der Waals surface area contributed by atoms with Gasteiger partial charge in [-0.1, -0.05) is 108 Å². The zero-order chi connectivity index (χ0) is 18.9. The van der Waals surface area contributed by atoms with Crippen molar-refractivity contribution in [2.45, 2.75) is 116 Å². The molecule has 1 heterocycles. The fourth-order valence-corrected chi connectivity index (χ4v) is 3.46. The fourth-order valence-electron chi connectivity index (χ4n) is 3.46. The van der Waals surface area contributed by atoms with Crippen LogP contribution < -0.4 is 0 Å². The van der Waals surface area contributed by atoms with Gasteiger partial charge in [-0.15, -0.1) is 5.10 Å². The second-order valence-electron chi connectivity index (χ2n) is 7.48. The molecule has 0 aliphatic rings. The summed E-state index contributed by atoms with van der Waals surface area (Å²) in [6.45, 7) is 2.27. The average molecular weight is 366 g/mol. The molecule has 1 unspecified atom stereocenters. The zero-order valence-electron chi connectivity index (χ0n) is 16.7. The van der Waals surface area contributed by atoms with Gasteiger partial charge < -0.3 is 5.11 Å². The standard InChI is InChI=1S/C21H39N3O2/c1-2-3-4-5-6-7-8-9-10-11-12-13-14-15-16-17-20(21(25)26)24-19-18-22-23-24/h18-20H,2-17H2,1H3,(H,25,26). The molecule has 1 aromatic rings. The van der Waals surface area contributed by atoms with Crippen molar-refractivity contribution in [1.29, 1.82) is 0 Å². The Bertz CT molecular complexity index is 434. The lowest BCUT2D eigenvalue weighted by Gasteiger charge is -2.11. The summed E-state index contributed by atoms with van der Waals surface area (Å²) in [6.07, 6.45) is 23.6. The van der Waals surface area contributed by atoms with Crippen LogP contribution in [0.1, 0.15) is 116 Å². The molecular formula is C21H39N3O2. The number of carboxylic acid groups (broad SMARTS) is 1. The third kappa shape index (κ3) is 11.3. The number of hydrogen-bond donors (Lipinski definition) is 1. The van der Waals surface area contributed by atoms with E-state index in [9.17, 15) is 9.90 Å². The van der Waals surface area contributed by atoms with Gasteiger partial charge in [-0.3, -0.25) is 0 Å². The van der Waals surface area contributed by atoms with Crippen LogP contribution in [0.15, 0.2) is 12.4 Å². The first kappa shape index (κ1) is 22.7. The summed E-state index contributed by atoms with van der Waals surface area (Å²) < 4.78 is 1.45. The number of aliphatic carboxylic acids is 1. The van der Waals surface area contributed by atoms with E-state index in [1.807, 2.05) is 0 Å². The Morgan fingerprint density at radius 1 is 0.846 bits per heavy atom. The molecule has 1 N–H and O–H groups in total. The number of rotatable bonds is 18. The zero-order valence-corrected chi connectivity index (χ0v) is 16.7. The van der Waals surface area contributed by atoms with Crippen molar-refractivity contribution in [1.82, 2.24) is 15.0 Å². The lowest BCUT2D eigenvalue weighted by atomic mass is 10.0. The predicted octanol–water partition coefficient (Wildman–Crippen LogP) is 6.17. The highest BCUT2D eigenvalue weighted by Crippen LogP contribution is 2.17. The molecule has 0 aliphatic heterocycles. The van der Waals surface area contributed by atoms with E-state index in [1.165, 1.54) is 94.3 Å². The molecule has 0 amide bonds. The predicted molar refractivity (Wildman–Crippen MR) is 106 cm³/mol. The van der Waals surface area contributed by atoms with Crippen LogP contribution in [0.3, 0.4) is 0 Å². The van der Waals surface area contributed by atoms with Crippen LogP contribution in [0, 0.1) is 0 Å². The van der Waals surface area contributed by atoms with Crippen molar-refractivity contribution < 1.29 is 9.90 Å². The number of nitrogens with zero attached hydrogens (tertiary/aromatic N) is 3. The largest absolute Gasteiger partial charge is 0.480 e. The van der Waals surface area contributed by atoms with Gasteiger partial charge in [-0.25, -0.2) is 9.48 Å². The quantitative estimate of drug-likeness (QED) is 0.316. The highest BCUT2D eigenvalue weighted by atomic mass is 16.4. The van der Waals surface area contributed by atoms with Gasteiger partial charge in [0.05, 0.1) is 6.20 Å². The summed E-state index contributed by atoms with van der Waals surface area (Å²) >= 11 is 0. The van der Waals surface area contributed by atoms with Crippen LogP contribution in [0.5, 0.6) is 0 Å². The molecule has 0 saturated heterocycles. The molecular weight excluding hydrogens is 326 g/mol. The summed E-state index contributed by atoms with van der Waals surface area (Å²) in [5.41, 5.74) is 0. The first-order valence-electron chi connectivity index (χ1n) is 10.8. The normalized spacial score (nSPS) is 12.3. The van der Waals surface area contributed by atoms with Crippen LogP contribution >= 0.6 is 0 Å². The molecule has 1 rings (SSSR count). The van der Waals surface area contributed by atoms with Crippen molar-refractivity contribution in [3.63, 3.8) is 0 Å². The lowest BCUT2D eigenvalue weighted by molar-refractivity contribution is -0.141. The molecule has 0 radical (unpaired) electrons. The maximum atomic E-state index is 11.3. The first-order chi connectivity index (χ1) is 12.8. The van der Waals surface area contributed by atoms with Crippen LogP contribution in [-0.4, -0.2) is 26.1 Å². The number of hydrogen-bond acceptors (Lipinski definition) is 3. The Balaban J connectivity index is 1.85. The summed E-state index contributed by atoms with van der Waals surface area (Å²) in [5, 5.41) is 16.8. The molecule has 0 saturated carbocycles. The monoisotopic (exact) mass is 365 g/mol. The molecule has 5 heteroatoms. The van der Waals surface area contributed by atoms with Crippen LogP contribution in [0.2, 0.25) is 0 Å². The number of aromatic nitrogens is 3. The van der Waals surface area contributed by atoms with Crippen LogP contribution in [-0.2, 0) is 4.79 Å². The molecule has 150 valence electrons. The highest BCUT2D eigenvalue weighted by molar-refractivity contribution is 5.71. The van der Waals surface area contributed by atoms with Gasteiger partial charge in [0.15, 0.2) is 6.04 Å². The van der Waals surface area contributed by atoms with Gasteiger partial charge in [-0.05, 0) is 6.42 Å². The van der Waals surface area contributed by atoms with Gasteiger partial charge in [0, 0.05) is 6.20 Å². The Kier molecular flexibility index (Phi) is 13.8. The summed E-state index contributed by atoms with van der Waals surface area (Å²) in [7, 11) is 0. The molecule has 1 aromatic heterocycles. The molecule has 1 atom stereocenters. The summed E-state index contributed by atoms with van der Waals surface area (Å²) in [6, 6.07) is -0.570. The highest BCUT2D eigenvalue weighted by Gasteiger charge is 2.19. The van der Waals surface area contributed by atoms with E-state index in [4.69, 9.17) is 0 Å². The molecule has 5 nitrogen and oxygen atoms in total. The van der Waals surface area contributed by atoms with E-state index in [0.29, 0.717) is 6.42 Å². The summed E-state index contributed by atoms with van der Waals surface area (Å²) in [4.78, 5) is 11.3. The van der Waals surface area contributed by atoms with Gasteiger partial charge >= 0.3 is 5.97 Å². The molecule has 0 spiro atoms. The van der Waals surface area contributed by atoms with Crippen molar-refractivity contribution >= 4 is 5.97 Å². The maximum Gasteiger partial charge on any atom is 0.328 e. The van der Waals surface area contributed by atoms with E-state index in [-0.39, 0.29) is 0 Å². The van der Waals surface area contributed by atoms with Gasteiger partial charge in [0.2, 0.25) is 0 Å². The first-order valence-corrected chi connectivity index (χ1v) is 10.8. The van der Waals surface area contributed by atoms with Crippen molar-refractivity contribution in [3.8, 4) is 0 Å². The van der Waals surface area contributed by atoms with Crippen LogP contribution in [0.25, 0.3) is 0 Å². The number of carbonyl (C=O) groups is 1. The molecule has 0 fully saturated rings. The minimum Gasteiger partial charge on any atom is -0.480 e. The summed E-state index contributed by atoms with van der Waals surface area (Å²) in [5.74, 6) is -0.819. The minimum absolute atomic E-state index is 0.570. The third-order valence-electron chi connectivity index (χ3n) is 5.13. The van der Waals surface area contributed by atoms with Gasteiger partial charge in [0.25, 0.3) is 0 Å².